The average Bonchev–Trinajstić information content (AvgIpc) is 2.78. The maximum atomic E-state index is 4.64. The molecule has 2 aromatic rings. The van der Waals surface area contributed by atoms with Crippen molar-refractivity contribution in [3.63, 3.8) is 0 Å². The van der Waals surface area contributed by atoms with E-state index in [1.54, 1.807) is 0 Å². The van der Waals surface area contributed by atoms with Crippen LogP contribution in [0.25, 0.3) is 5.57 Å². The van der Waals surface area contributed by atoms with Gasteiger partial charge in [-0.25, -0.2) is 0 Å². The van der Waals surface area contributed by atoms with Gasteiger partial charge in [-0.15, -0.1) is 0 Å². The molecule has 0 heterocycles. The fraction of sp³-hybridized carbons (Fsp3) is 0.227. The summed E-state index contributed by atoms with van der Waals surface area (Å²) in [5.74, 6) is 0.473. The number of aliphatic imine (C=N–C) groups is 1. The Hall–Kier alpha value is -2.41. The van der Waals surface area contributed by atoms with Gasteiger partial charge in [0.1, 0.15) is 0 Å². The molecule has 0 N–H and O–H groups in total. The number of allylic oxidation sites excluding steroid dienone is 4. The highest BCUT2D eigenvalue weighted by Crippen LogP contribution is 2.42. The van der Waals surface area contributed by atoms with E-state index in [-0.39, 0.29) is 0 Å². The molecule has 2 aromatic carbocycles. The number of benzene rings is 2. The maximum absolute atomic E-state index is 4.64. The molecule has 0 amide bonds. The first-order chi connectivity index (χ1) is 11.1. The van der Waals surface area contributed by atoms with Gasteiger partial charge in [0.25, 0.3) is 0 Å². The van der Waals surface area contributed by atoms with Crippen LogP contribution in [0.5, 0.6) is 0 Å². The lowest BCUT2D eigenvalue weighted by Gasteiger charge is -2.15. The third-order valence-electron chi connectivity index (χ3n) is 5.00. The first-order valence-corrected chi connectivity index (χ1v) is 8.16. The topological polar surface area (TPSA) is 12.4 Å². The Morgan fingerprint density at radius 2 is 1.48 bits per heavy atom. The Labute approximate surface area is 139 Å². The lowest BCUT2D eigenvalue weighted by Crippen LogP contribution is -2.00. The van der Waals surface area contributed by atoms with E-state index >= 15 is 0 Å². The highest BCUT2D eigenvalue weighted by atomic mass is 14.7. The fourth-order valence-electron chi connectivity index (χ4n) is 3.31. The molecule has 1 unspecified atom stereocenters. The summed E-state index contributed by atoms with van der Waals surface area (Å²) in [5, 5.41) is 0. The van der Waals surface area contributed by atoms with Gasteiger partial charge in [0.2, 0.25) is 0 Å². The van der Waals surface area contributed by atoms with Crippen LogP contribution in [0.1, 0.15) is 38.8 Å². The lowest BCUT2D eigenvalue weighted by molar-refractivity contribution is 0.895. The Morgan fingerprint density at radius 1 is 0.826 bits per heavy atom. The van der Waals surface area contributed by atoms with Crippen molar-refractivity contribution < 1.29 is 0 Å². The second-order valence-electron chi connectivity index (χ2n) is 6.25. The molecule has 0 spiro atoms. The van der Waals surface area contributed by atoms with Crippen LogP contribution in [0.15, 0.2) is 76.3 Å². The zero-order chi connectivity index (χ0) is 16.4. The van der Waals surface area contributed by atoms with Gasteiger partial charge in [-0.2, -0.15) is 0 Å². The van der Waals surface area contributed by atoms with Gasteiger partial charge >= 0.3 is 0 Å². The summed E-state index contributed by atoms with van der Waals surface area (Å²) < 4.78 is 0. The molecule has 0 saturated heterocycles. The molecule has 1 aliphatic carbocycles. The predicted molar refractivity (Wildman–Crippen MR) is 100 cm³/mol. The van der Waals surface area contributed by atoms with Crippen LogP contribution in [0.2, 0.25) is 0 Å². The van der Waals surface area contributed by atoms with Gasteiger partial charge in [0, 0.05) is 17.7 Å². The van der Waals surface area contributed by atoms with E-state index in [0.29, 0.717) is 5.92 Å². The highest BCUT2D eigenvalue weighted by Gasteiger charge is 2.25. The first kappa shape index (κ1) is 15.5. The van der Waals surface area contributed by atoms with Crippen LogP contribution >= 0.6 is 0 Å². The summed E-state index contributed by atoms with van der Waals surface area (Å²) in [6, 6.07) is 18.7. The fourth-order valence-corrected chi connectivity index (χ4v) is 3.31. The normalized spacial score (nSPS) is 18.3. The van der Waals surface area contributed by atoms with Gasteiger partial charge in [-0.3, -0.25) is 4.99 Å². The summed E-state index contributed by atoms with van der Waals surface area (Å²) in [6.07, 6.45) is 1.99. The second-order valence-corrected chi connectivity index (χ2v) is 6.25. The molecule has 1 heteroatoms. The quantitative estimate of drug-likeness (QED) is 0.599. The molecule has 0 aliphatic heterocycles. The molecular formula is C22H23N. The molecule has 1 nitrogen and oxygen atoms in total. The summed E-state index contributed by atoms with van der Waals surface area (Å²) >= 11 is 0. The molecule has 0 saturated carbocycles. The zero-order valence-electron chi connectivity index (χ0n) is 14.3. The van der Waals surface area contributed by atoms with Crippen molar-refractivity contribution in [3.05, 3.63) is 82.4 Å². The van der Waals surface area contributed by atoms with E-state index in [9.17, 15) is 0 Å². The van der Waals surface area contributed by atoms with Crippen molar-refractivity contribution >= 4 is 17.5 Å². The smallest absolute Gasteiger partial charge is 0.0629 e. The van der Waals surface area contributed by atoms with Crippen LogP contribution in [0, 0.1) is 5.92 Å². The minimum atomic E-state index is 0.473. The molecule has 0 aromatic heterocycles. The van der Waals surface area contributed by atoms with E-state index in [0.717, 1.165) is 5.69 Å². The number of hydrogen-bond acceptors (Lipinski definition) is 1. The van der Waals surface area contributed by atoms with Gasteiger partial charge in [-0.05, 0) is 55.2 Å². The van der Waals surface area contributed by atoms with Crippen LogP contribution in [-0.2, 0) is 0 Å². The summed E-state index contributed by atoms with van der Waals surface area (Å²) in [4.78, 5) is 4.64. The van der Waals surface area contributed by atoms with Crippen LogP contribution < -0.4 is 0 Å². The van der Waals surface area contributed by atoms with Crippen LogP contribution in [-0.4, -0.2) is 6.21 Å². The average molecular weight is 301 g/mol. The maximum Gasteiger partial charge on any atom is 0.0629 e. The van der Waals surface area contributed by atoms with Crippen molar-refractivity contribution in [1.29, 1.82) is 0 Å². The van der Waals surface area contributed by atoms with Gasteiger partial charge < -0.3 is 0 Å². The number of nitrogens with zero attached hydrogens (tertiary/aromatic N) is 1. The van der Waals surface area contributed by atoms with Crippen molar-refractivity contribution in [3.8, 4) is 0 Å². The first-order valence-electron chi connectivity index (χ1n) is 8.16. The number of hydrogen-bond donors (Lipinski definition) is 0. The molecule has 0 radical (unpaired) electrons. The van der Waals surface area contributed by atoms with Crippen molar-refractivity contribution in [2.45, 2.75) is 27.7 Å². The molecule has 23 heavy (non-hydrogen) atoms. The number of rotatable bonds is 3. The van der Waals surface area contributed by atoms with Crippen molar-refractivity contribution in [2.75, 3.05) is 0 Å². The largest absolute Gasteiger partial charge is 0.256 e. The lowest BCUT2D eigenvalue weighted by atomic mass is 9.89. The third kappa shape index (κ3) is 2.92. The third-order valence-corrected chi connectivity index (χ3v) is 5.00. The zero-order valence-corrected chi connectivity index (χ0v) is 14.3. The molecule has 116 valence electrons. The molecule has 3 rings (SSSR count). The predicted octanol–water partition coefficient (Wildman–Crippen LogP) is 6.20. The molecule has 0 bridgehead atoms. The SMILES string of the molecule is CC1=C(C)C(C)C(c2ccccc2C=Nc2ccccc2)=C1C. The van der Waals surface area contributed by atoms with Crippen molar-refractivity contribution in [2.24, 2.45) is 10.9 Å². The second kappa shape index (κ2) is 6.37. The van der Waals surface area contributed by atoms with E-state index < -0.39 is 0 Å². The molecule has 1 aliphatic rings. The number of para-hydroxylation sites is 1. The Kier molecular flexibility index (Phi) is 4.29. The van der Waals surface area contributed by atoms with E-state index in [2.05, 4.69) is 57.0 Å². The molecular weight excluding hydrogens is 278 g/mol. The summed E-state index contributed by atoms with van der Waals surface area (Å²) in [6.45, 7) is 9.02. The Balaban J connectivity index is 2.02. The minimum absolute atomic E-state index is 0.473. The molecule has 0 fully saturated rings. The van der Waals surface area contributed by atoms with E-state index in [1.165, 1.54) is 33.4 Å². The standard InChI is InChI=1S/C22H23N/c1-15-16(2)18(4)22(17(15)3)21-13-9-8-10-19(21)14-23-20-11-6-5-7-12-20/h5-14,17H,1-4H3. The highest BCUT2D eigenvalue weighted by molar-refractivity contribution is 5.92. The van der Waals surface area contributed by atoms with E-state index in [1.807, 2.05) is 36.5 Å². The molecule has 1 atom stereocenters. The van der Waals surface area contributed by atoms with Gasteiger partial charge in [0.05, 0.1) is 5.69 Å². The Bertz CT molecular complexity index is 807. The summed E-state index contributed by atoms with van der Waals surface area (Å²) in [5.41, 5.74) is 9.23. The monoisotopic (exact) mass is 301 g/mol. The van der Waals surface area contributed by atoms with Gasteiger partial charge in [-0.1, -0.05) is 55.0 Å². The van der Waals surface area contributed by atoms with Gasteiger partial charge in [0.15, 0.2) is 0 Å². The summed E-state index contributed by atoms with van der Waals surface area (Å²) in [7, 11) is 0. The van der Waals surface area contributed by atoms with E-state index in [4.69, 9.17) is 0 Å². The van der Waals surface area contributed by atoms with Crippen molar-refractivity contribution in [1.82, 2.24) is 0 Å². The Morgan fingerprint density at radius 3 is 2.13 bits per heavy atom. The van der Waals surface area contributed by atoms with Crippen LogP contribution in [0.4, 0.5) is 5.69 Å². The van der Waals surface area contributed by atoms with Crippen LogP contribution in [0.3, 0.4) is 0 Å². The minimum Gasteiger partial charge on any atom is -0.256 e.